The SMILES string of the molecule is CN(C)c1ccncc1.Cn1ccnc1.[O-][n+]1ccccc1. The molecule has 0 unspecified atom stereocenters. The molecule has 0 aliphatic heterocycles. The molecular formula is C16H21N5O. The Kier molecular flexibility index (Phi) is 7.74. The molecule has 3 rings (SSSR count). The highest BCUT2D eigenvalue weighted by Gasteiger charge is 1.88. The second-order valence-corrected chi connectivity index (χ2v) is 4.56. The predicted octanol–water partition coefficient (Wildman–Crippen LogP) is 1.89. The zero-order valence-corrected chi connectivity index (χ0v) is 13.1. The van der Waals surface area contributed by atoms with Crippen molar-refractivity contribution in [2.24, 2.45) is 7.05 Å². The molecule has 0 saturated carbocycles. The molecule has 0 aromatic carbocycles. The molecule has 0 saturated heterocycles. The van der Waals surface area contributed by atoms with Gasteiger partial charge in [0.15, 0.2) is 12.4 Å². The summed E-state index contributed by atoms with van der Waals surface area (Å²) in [5.41, 5.74) is 1.19. The smallest absolute Gasteiger partial charge is 0.180 e. The van der Waals surface area contributed by atoms with Crippen LogP contribution in [0, 0.1) is 5.21 Å². The average Bonchev–Trinajstić information content (AvgIpc) is 3.01. The Labute approximate surface area is 130 Å². The standard InChI is InChI=1S/C7H10N2.C5H5NO.C4H6N2/c1-9(2)7-3-5-8-6-4-7;7-6-4-2-1-3-5-6;1-6-3-2-5-4-6/h3-6H,1-2H3;1-5H;2-4H,1H3. The molecule has 0 spiro atoms. The average molecular weight is 299 g/mol. The van der Waals surface area contributed by atoms with Gasteiger partial charge < -0.3 is 14.7 Å². The fourth-order valence-electron chi connectivity index (χ4n) is 1.35. The van der Waals surface area contributed by atoms with E-state index in [1.807, 2.05) is 48.9 Å². The fourth-order valence-corrected chi connectivity index (χ4v) is 1.35. The topological polar surface area (TPSA) is 60.9 Å². The number of pyridine rings is 2. The molecule has 116 valence electrons. The number of hydrogen-bond acceptors (Lipinski definition) is 4. The van der Waals surface area contributed by atoms with Gasteiger partial charge in [-0.3, -0.25) is 4.98 Å². The van der Waals surface area contributed by atoms with Gasteiger partial charge in [-0.05, 0) is 12.1 Å². The van der Waals surface area contributed by atoms with E-state index in [2.05, 4.69) is 9.97 Å². The second kappa shape index (κ2) is 9.93. The maximum absolute atomic E-state index is 10.2. The Bertz CT molecular complexity index is 597. The van der Waals surface area contributed by atoms with Gasteiger partial charge in [0.25, 0.3) is 0 Å². The van der Waals surface area contributed by atoms with Gasteiger partial charge in [-0.1, -0.05) is 6.07 Å². The summed E-state index contributed by atoms with van der Waals surface area (Å²) in [6.45, 7) is 0. The number of nitrogens with zero attached hydrogens (tertiary/aromatic N) is 5. The molecule has 0 N–H and O–H groups in total. The van der Waals surface area contributed by atoms with E-state index in [1.165, 1.54) is 18.1 Å². The van der Waals surface area contributed by atoms with Gasteiger partial charge in [-0.15, -0.1) is 0 Å². The molecular weight excluding hydrogens is 278 g/mol. The van der Waals surface area contributed by atoms with Crippen molar-refractivity contribution in [3.05, 3.63) is 79.0 Å². The Hall–Kier alpha value is -2.89. The van der Waals surface area contributed by atoms with Gasteiger partial charge in [0, 0.05) is 63.8 Å². The first kappa shape index (κ1) is 17.2. The molecule has 6 nitrogen and oxygen atoms in total. The van der Waals surface area contributed by atoms with Gasteiger partial charge in [0.1, 0.15) is 0 Å². The van der Waals surface area contributed by atoms with Gasteiger partial charge in [-0.2, -0.15) is 4.73 Å². The molecule has 6 heteroatoms. The number of rotatable bonds is 1. The van der Waals surface area contributed by atoms with Crippen LogP contribution in [-0.4, -0.2) is 28.6 Å². The van der Waals surface area contributed by atoms with Gasteiger partial charge in [0.05, 0.1) is 6.33 Å². The molecule has 3 aromatic rings. The van der Waals surface area contributed by atoms with Crippen molar-refractivity contribution >= 4 is 5.69 Å². The van der Waals surface area contributed by atoms with E-state index in [-0.39, 0.29) is 0 Å². The number of aromatic nitrogens is 4. The Balaban J connectivity index is 0.000000169. The lowest BCUT2D eigenvalue weighted by Crippen LogP contribution is -2.22. The maximum Gasteiger partial charge on any atom is 0.180 e. The van der Waals surface area contributed by atoms with Crippen molar-refractivity contribution in [2.75, 3.05) is 19.0 Å². The monoisotopic (exact) mass is 299 g/mol. The van der Waals surface area contributed by atoms with Crippen LogP contribution in [0.5, 0.6) is 0 Å². The molecule has 3 aromatic heterocycles. The lowest BCUT2D eigenvalue weighted by Gasteiger charge is -2.10. The molecule has 22 heavy (non-hydrogen) atoms. The third-order valence-electron chi connectivity index (χ3n) is 2.50. The minimum atomic E-state index is 0.750. The summed E-state index contributed by atoms with van der Waals surface area (Å²) >= 11 is 0. The maximum atomic E-state index is 10.2. The Morgan fingerprint density at radius 2 is 1.64 bits per heavy atom. The quantitative estimate of drug-likeness (QED) is 0.508. The van der Waals surface area contributed by atoms with Crippen LogP contribution in [0.25, 0.3) is 0 Å². The van der Waals surface area contributed by atoms with E-state index >= 15 is 0 Å². The van der Waals surface area contributed by atoms with Crippen LogP contribution < -0.4 is 9.63 Å². The highest BCUT2D eigenvalue weighted by atomic mass is 16.5. The van der Waals surface area contributed by atoms with Gasteiger partial charge >= 0.3 is 0 Å². The first-order chi connectivity index (χ1) is 10.6. The number of anilines is 1. The van der Waals surface area contributed by atoms with Gasteiger partial charge in [0.2, 0.25) is 0 Å². The molecule has 0 bridgehead atoms. The van der Waals surface area contributed by atoms with Crippen LogP contribution in [0.2, 0.25) is 0 Å². The summed E-state index contributed by atoms with van der Waals surface area (Å²) in [5.74, 6) is 0. The second-order valence-electron chi connectivity index (χ2n) is 4.56. The van der Waals surface area contributed by atoms with E-state index in [1.54, 1.807) is 43.1 Å². The molecule has 0 amide bonds. The number of imidazole rings is 1. The molecule has 0 fully saturated rings. The minimum absolute atomic E-state index is 0.750. The first-order valence-electron chi connectivity index (χ1n) is 6.72. The van der Waals surface area contributed by atoms with Crippen molar-refractivity contribution < 1.29 is 4.73 Å². The van der Waals surface area contributed by atoms with E-state index in [0.717, 1.165) is 4.73 Å². The summed E-state index contributed by atoms with van der Waals surface area (Å²) in [6.07, 6.45) is 11.9. The Morgan fingerprint density at radius 1 is 1.00 bits per heavy atom. The molecule has 0 aliphatic rings. The van der Waals surface area contributed by atoms with Crippen LogP contribution >= 0.6 is 0 Å². The van der Waals surface area contributed by atoms with Crippen LogP contribution in [0.3, 0.4) is 0 Å². The van der Waals surface area contributed by atoms with Crippen molar-refractivity contribution in [1.82, 2.24) is 14.5 Å². The van der Waals surface area contributed by atoms with E-state index in [9.17, 15) is 5.21 Å². The van der Waals surface area contributed by atoms with E-state index in [0.29, 0.717) is 0 Å². The van der Waals surface area contributed by atoms with Crippen molar-refractivity contribution in [2.45, 2.75) is 0 Å². The van der Waals surface area contributed by atoms with Crippen LogP contribution in [0.1, 0.15) is 0 Å². The predicted molar refractivity (Wildman–Crippen MR) is 87.2 cm³/mol. The molecule has 0 atom stereocenters. The zero-order chi connectivity index (χ0) is 16.2. The highest BCUT2D eigenvalue weighted by Crippen LogP contribution is 2.05. The van der Waals surface area contributed by atoms with Crippen LogP contribution in [-0.2, 0) is 7.05 Å². The molecule has 0 aliphatic carbocycles. The number of hydrogen-bond donors (Lipinski definition) is 0. The van der Waals surface area contributed by atoms with Crippen molar-refractivity contribution in [3.63, 3.8) is 0 Å². The third-order valence-corrected chi connectivity index (χ3v) is 2.50. The lowest BCUT2D eigenvalue weighted by molar-refractivity contribution is -0.605. The van der Waals surface area contributed by atoms with Crippen LogP contribution in [0.4, 0.5) is 5.69 Å². The first-order valence-corrected chi connectivity index (χ1v) is 6.72. The molecule has 3 heterocycles. The summed E-state index contributed by atoms with van der Waals surface area (Å²) in [4.78, 5) is 9.73. The summed E-state index contributed by atoms with van der Waals surface area (Å²) in [7, 11) is 5.96. The van der Waals surface area contributed by atoms with Gasteiger partial charge in [-0.25, -0.2) is 4.98 Å². The van der Waals surface area contributed by atoms with Crippen molar-refractivity contribution in [3.8, 4) is 0 Å². The summed E-state index contributed by atoms with van der Waals surface area (Å²) < 4.78 is 2.64. The Morgan fingerprint density at radius 3 is 1.91 bits per heavy atom. The van der Waals surface area contributed by atoms with Crippen LogP contribution in [0.15, 0.2) is 73.8 Å². The normalized spacial score (nSPS) is 8.86. The van der Waals surface area contributed by atoms with E-state index < -0.39 is 0 Å². The van der Waals surface area contributed by atoms with Crippen molar-refractivity contribution in [1.29, 1.82) is 0 Å². The lowest BCUT2D eigenvalue weighted by atomic mass is 10.4. The third kappa shape index (κ3) is 7.64. The highest BCUT2D eigenvalue weighted by molar-refractivity contribution is 5.42. The summed E-state index contributed by atoms with van der Waals surface area (Å²) in [5, 5.41) is 10.2. The summed E-state index contributed by atoms with van der Waals surface area (Å²) in [6, 6.07) is 9.12. The van der Waals surface area contributed by atoms with E-state index in [4.69, 9.17) is 0 Å². The largest absolute Gasteiger partial charge is 0.619 e. The zero-order valence-electron chi connectivity index (χ0n) is 13.1. The fraction of sp³-hybridized carbons (Fsp3) is 0.188. The number of aryl methyl sites for hydroxylation is 1. The molecule has 0 radical (unpaired) electrons. The minimum Gasteiger partial charge on any atom is -0.619 e.